The van der Waals surface area contributed by atoms with Crippen molar-refractivity contribution in [2.75, 3.05) is 0 Å². The van der Waals surface area contributed by atoms with Crippen molar-refractivity contribution >= 4 is 11.6 Å². The van der Waals surface area contributed by atoms with Crippen LogP contribution < -0.4 is 5.32 Å². The van der Waals surface area contributed by atoms with Crippen molar-refractivity contribution in [3.05, 3.63) is 78.0 Å². The number of nitrogens with zero attached hydrogens (tertiary/aromatic N) is 3. The maximum atomic E-state index is 13.2. The lowest BCUT2D eigenvalue weighted by atomic mass is 10.2. The van der Waals surface area contributed by atoms with Gasteiger partial charge in [-0.25, -0.2) is 13.8 Å². The monoisotopic (exact) mass is 353 g/mol. The van der Waals surface area contributed by atoms with Crippen molar-refractivity contribution in [3.63, 3.8) is 0 Å². The second-order valence-electron chi connectivity index (χ2n) is 5.76. The smallest absolute Gasteiger partial charge is 0.271 e. The third-order valence-electron chi connectivity index (χ3n) is 3.89. The highest BCUT2D eigenvalue weighted by atomic mass is 19.1. The number of fused-ring (bicyclic) bond motifs is 1. The number of rotatable bonds is 4. The van der Waals surface area contributed by atoms with Crippen molar-refractivity contribution in [3.8, 4) is 11.1 Å². The van der Waals surface area contributed by atoms with E-state index in [9.17, 15) is 13.6 Å². The van der Waals surface area contributed by atoms with Gasteiger partial charge in [-0.2, -0.15) is 5.10 Å². The molecule has 1 amide bonds. The quantitative estimate of drug-likeness (QED) is 0.592. The third-order valence-corrected chi connectivity index (χ3v) is 3.89. The topological polar surface area (TPSA) is 75.1 Å². The molecule has 0 atom stereocenters. The number of carbonyl (C=O) groups is 1. The van der Waals surface area contributed by atoms with Gasteiger partial charge in [-0.3, -0.25) is 9.89 Å². The second kappa shape index (κ2) is 6.40. The summed E-state index contributed by atoms with van der Waals surface area (Å²) in [5.41, 5.74) is 3.00. The van der Waals surface area contributed by atoms with Gasteiger partial charge in [0.15, 0.2) is 0 Å². The fourth-order valence-corrected chi connectivity index (χ4v) is 2.67. The molecule has 0 unspecified atom stereocenters. The van der Waals surface area contributed by atoms with Crippen LogP contribution in [0.5, 0.6) is 0 Å². The number of carbonyl (C=O) groups excluding carboxylic acids is 1. The molecule has 0 aliphatic heterocycles. The molecule has 0 radical (unpaired) electrons. The number of amides is 1. The van der Waals surface area contributed by atoms with E-state index in [1.165, 1.54) is 12.1 Å². The van der Waals surface area contributed by atoms with Crippen LogP contribution in [0.4, 0.5) is 8.78 Å². The van der Waals surface area contributed by atoms with E-state index >= 15 is 0 Å². The summed E-state index contributed by atoms with van der Waals surface area (Å²) in [4.78, 5) is 16.5. The van der Waals surface area contributed by atoms with Crippen LogP contribution >= 0.6 is 0 Å². The summed E-state index contributed by atoms with van der Waals surface area (Å²) < 4.78 is 28.1. The molecule has 3 heterocycles. The van der Waals surface area contributed by atoms with Crippen molar-refractivity contribution in [2.45, 2.75) is 6.54 Å². The number of benzene rings is 1. The van der Waals surface area contributed by atoms with Crippen LogP contribution in [-0.2, 0) is 6.54 Å². The van der Waals surface area contributed by atoms with Crippen molar-refractivity contribution < 1.29 is 13.6 Å². The zero-order valence-corrected chi connectivity index (χ0v) is 13.4. The van der Waals surface area contributed by atoms with Crippen LogP contribution in [0.1, 0.15) is 16.1 Å². The molecule has 0 spiro atoms. The fraction of sp³-hybridized carbons (Fsp3) is 0.0556. The van der Waals surface area contributed by atoms with Crippen LogP contribution in [-0.4, -0.2) is 25.5 Å². The van der Waals surface area contributed by atoms with Gasteiger partial charge in [0.2, 0.25) is 0 Å². The van der Waals surface area contributed by atoms with E-state index in [1.54, 1.807) is 29.1 Å². The van der Waals surface area contributed by atoms with Crippen LogP contribution in [0.15, 0.2) is 55.1 Å². The predicted octanol–water partition coefficient (Wildman–Crippen LogP) is 2.93. The Kier molecular flexibility index (Phi) is 3.92. The fourth-order valence-electron chi connectivity index (χ4n) is 2.67. The Labute approximate surface area is 146 Å². The van der Waals surface area contributed by atoms with Crippen molar-refractivity contribution in [2.24, 2.45) is 0 Å². The van der Waals surface area contributed by atoms with Gasteiger partial charge < -0.3 is 9.72 Å². The highest BCUT2D eigenvalue weighted by molar-refractivity contribution is 5.92. The highest BCUT2D eigenvalue weighted by Crippen LogP contribution is 2.18. The van der Waals surface area contributed by atoms with Crippen LogP contribution in [0, 0.1) is 11.6 Å². The van der Waals surface area contributed by atoms with E-state index in [0.29, 0.717) is 11.2 Å². The Morgan fingerprint density at radius 2 is 1.92 bits per heavy atom. The zero-order valence-electron chi connectivity index (χ0n) is 13.4. The maximum absolute atomic E-state index is 13.2. The lowest BCUT2D eigenvalue weighted by Gasteiger charge is -2.04. The van der Waals surface area contributed by atoms with Crippen molar-refractivity contribution in [1.82, 2.24) is 24.9 Å². The molecule has 6 nitrogen and oxygen atoms in total. The van der Waals surface area contributed by atoms with E-state index in [-0.39, 0.29) is 12.2 Å². The van der Waals surface area contributed by atoms with Gasteiger partial charge in [-0.05, 0) is 29.8 Å². The Bertz CT molecular complexity index is 1070. The number of hydrogen-bond acceptors (Lipinski definition) is 3. The second-order valence-corrected chi connectivity index (χ2v) is 5.76. The number of pyridine rings is 1. The number of aromatic amines is 1. The first-order chi connectivity index (χ1) is 12.6. The molecule has 26 heavy (non-hydrogen) atoms. The average molecular weight is 353 g/mol. The van der Waals surface area contributed by atoms with Gasteiger partial charge in [-0.15, -0.1) is 0 Å². The molecule has 0 saturated carbocycles. The lowest BCUT2D eigenvalue weighted by Crippen LogP contribution is -2.23. The van der Waals surface area contributed by atoms with Gasteiger partial charge in [0.1, 0.15) is 23.0 Å². The summed E-state index contributed by atoms with van der Waals surface area (Å²) in [6, 6.07) is 6.80. The molecule has 0 aliphatic carbocycles. The number of halogens is 2. The van der Waals surface area contributed by atoms with Gasteiger partial charge in [0, 0.05) is 42.3 Å². The summed E-state index contributed by atoms with van der Waals surface area (Å²) in [7, 11) is 0. The van der Waals surface area contributed by atoms with Gasteiger partial charge in [0.05, 0.1) is 6.20 Å². The first kappa shape index (κ1) is 15.9. The minimum absolute atomic E-state index is 0.00164. The lowest BCUT2D eigenvalue weighted by molar-refractivity contribution is 0.0946. The Hall–Kier alpha value is -3.55. The Morgan fingerprint density at radius 3 is 2.65 bits per heavy atom. The Balaban J connectivity index is 1.53. The number of hydrogen-bond donors (Lipinski definition) is 2. The summed E-state index contributed by atoms with van der Waals surface area (Å²) in [5.74, 6) is -1.80. The van der Waals surface area contributed by atoms with E-state index < -0.39 is 17.5 Å². The van der Waals surface area contributed by atoms with E-state index in [0.717, 1.165) is 17.2 Å². The average Bonchev–Trinajstić information content (AvgIpc) is 3.27. The molecule has 0 saturated heterocycles. The summed E-state index contributed by atoms with van der Waals surface area (Å²) in [5, 5.41) is 9.27. The minimum Gasteiger partial charge on any atom is -0.347 e. The van der Waals surface area contributed by atoms with Crippen molar-refractivity contribution in [1.29, 1.82) is 0 Å². The highest BCUT2D eigenvalue weighted by Gasteiger charge is 2.12. The number of H-pyrrole nitrogens is 1. The molecular formula is C18H13F2N5O. The molecule has 4 rings (SSSR count). The molecule has 0 aliphatic rings. The molecule has 2 N–H and O–H groups in total. The number of aromatic nitrogens is 4. The summed E-state index contributed by atoms with van der Waals surface area (Å²) in [6.07, 6.45) is 6.90. The number of nitrogens with one attached hydrogen (secondary N) is 2. The summed E-state index contributed by atoms with van der Waals surface area (Å²) >= 11 is 0. The van der Waals surface area contributed by atoms with Gasteiger partial charge in [-0.1, -0.05) is 0 Å². The van der Waals surface area contributed by atoms with Crippen LogP contribution in [0.3, 0.4) is 0 Å². The minimum atomic E-state index is -0.686. The van der Waals surface area contributed by atoms with E-state index in [1.807, 2.05) is 12.3 Å². The van der Waals surface area contributed by atoms with E-state index in [2.05, 4.69) is 20.5 Å². The van der Waals surface area contributed by atoms with Gasteiger partial charge >= 0.3 is 0 Å². The SMILES string of the molecule is O=C(NCc1cc(F)cc(F)c1)c1cn2cc(-c3cn[nH]c3)ccc2n1. The molecule has 0 fully saturated rings. The molecule has 1 aromatic carbocycles. The van der Waals surface area contributed by atoms with Gasteiger partial charge in [0.25, 0.3) is 5.91 Å². The van der Waals surface area contributed by atoms with Crippen LogP contribution in [0.25, 0.3) is 16.8 Å². The first-order valence-electron chi connectivity index (χ1n) is 7.79. The Morgan fingerprint density at radius 1 is 1.12 bits per heavy atom. The molecule has 0 bridgehead atoms. The molecule has 130 valence electrons. The number of imidazole rings is 1. The standard InChI is InChI=1S/C18H13F2N5O/c19-14-3-11(4-15(20)5-14)6-21-18(26)16-10-25-9-12(1-2-17(25)24-16)13-7-22-23-8-13/h1-5,7-10H,6H2,(H,21,26)(H,22,23). The third kappa shape index (κ3) is 3.16. The molecule has 8 heteroatoms. The van der Waals surface area contributed by atoms with E-state index in [4.69, 9.17) is 0 Å². The largest absolute Gasteiger partial charge is 0.347 e. The normalized spacial score (nSPS) is 11.0. The molecule has 3 aromatic heterocycles. The molecule has 4 aromatic rings. The van der Waals surface area contributed by atoms with Crippen LogP contribution in [0.2, 0.25) is 0 Å². The predicted molar refractivity (Wildman–Crippen MR) is 90.3 cm³/mol. The molecular weight excluding hydrogens is 340 g/mol. The summed E-state index contributed by atoms with van der Waals surface area (Å²) in [6.45, 7) is 0.00164. The zero-order chi connectivity index (χ0) is 18.1. The first-order valence-corrected chi connectivity index (χ1v) is 7.79. The maximum Gasteiger partial charge on any atom is 0.271 e.